The Labute approximate surface area is 176 Å². The summed E-state index contributed by atoms with van der Waals surface area (Å²) in [5.41, 5.74) is 1.89. The van der Waals surface area contributed by atoms with E-state index in [1.807, 2.05) is 28.0 Å². The summed E-state index contributed by atoms with van der Waals surface area (Å²) in [7, 11) is 0. The molecule has 0 aromatic heterocycles. The molecule has 0 atom stereocenters. The fraction of sp³-hybridized carbons (Fsp3) is 0.409. The highest BCUT2D eigenvalue weighted by Crippen LogP contribution is 2.28. The van der Waals surface area contributed by atoms with Crippen LogP contribution in [0.1, 0.15) is 5.56 Å². The van der Waals surface area contributed by atoms with Gasteiger partial charge in [0.25, 0.3) is 5.69 Å². The van der Waals surface area contributed by atoms with Crippen LogP contribution in [-0.2, 0) is 11.2 Å². The van der Waals surface area contributed by atoms with Crippen LogP contribution >= 0.6 is 0 Å². The molecule has 0 aliphatic carbocycles. The molecule has 1 saturated heterocycles. The Morgan fingerprint density at radius 3 is 2.33 bits per heavy atom. The molecule has 8 nitrogen and oxygen atoms in total. The second kappa shape index (κ2) is 10.7. The van der Waals surface area contributed by atoms with Gasteiger partial charge in [0.1, 0.15) is 5.69 Å². The number of piperazine rings is 1. The van der Waals surface area contributed by atoms with E-state index in [2.05, 4.69) is 12.1 Å². The summed E-state index contributed by atoms with van der Waals surface area (Å²) in [5.74, 6) is 0.0266. The Morgan fingerprint density at radius 2 is 1.67 bits per heavy atom. The second-order valence-corrected chi connectivity index (χ2v) is 7.35. The van der Waals surface area contributed by atoms with E-state index < -0.39 is 0 Å². The molecule has 8 heteroatoms. The molecule has 2 aromatic carbocycles. The summed E-state index contributed by atoms with van der Waals surface area (Å²) >= 11 is 0. The molecule has 1 fully saturated rings. The lowest BCUT2D eigenvalue weighted by Gasteiger charge is -2.36. The molecule has 2 aromatic rings. The predicted molar refractivity (Wildman–Crippen MR) is 116 cm³/mol. The molecular formula is C22H28N4O4. The third-order valence-corrected chi connectivity index (χ3v) is 5.39. The summed E-state index contributed by atoms with van der Waals surface area (Å²) in [6.07, 6.45) is 0.819. The van der Waals surface area contributed by atoms with Gasteiger partial charge in [0.15, 0.2) is 0 Å². The molecule has 0 unspecified atom stereocenters. The van der Waals surface area contributed by atoms with E-state index in [1.54, 1.807) is 23.1 Å². The average molecular weight is 412 g/mol. The first-order valence-corrected chi connectivity index (χ1v) is 10.2. The first kappa shape index (κ1) is 21.7. The zero-order chi connectivity index (χ0) is 21.3. The molecule has 1 aliphatic rings. The monoisotopic (exact) mass is 412 g/mol. The minimum Gasteiger partial charge on any atom is -0.395 e. The maximum absolute atomic E-state index is 12.8. The Morgan fingerprint density at radius 1 is 1.00 bits per heavy atom. The number of carbonyl (C=O) groups excluding carboxylic acids is 1. The van der Waals surface area contributed by atoms with Gasteiger partial charge >= 0.3 is 0 Å². The molecule has 0 radical (unpaired) electrons. The first-order valence-electron chi connectivity index (χ1n) is 10.2. The number of hydrogen-bond donors (Lipinski definition) is 1. The lowest BCUT2D eigenvalue weighted by atomic mass is 10.1. The fourth-order valence-corrected chi connectivity index (χ4v) is 3.72. The van der Waals surface area contributed by atoms with E-state index in [9.17, 15) is 20.0 Å². The Kier molecular flexibility index (Phi) is 7.75. The number of nitro groups is 1. The summed E-state index contributed by atoms with van der Waals surface area (Å²) in [5, 5.41) is 20.6. The van der Waals surface area contributed by atoms with Gasteiger partial charge in [-0.1, -0.05) is 42.5 Å². The molecule has 1 heterocycles. The van der Waals surface area contributed by atoms with Gasteiger partial charge in [-0.2, -0.15) is 0 Å². The standard InChI is InChI=1S/C22H28N4O4/c27-17-16-23(11-10-19-6-2-1-3-7-19)18-22(28)25-14-12-24(13-15-25)20-8-4-5-9-21(20)26(29)30/h1-9,27H,10-18H2. The summed E-state index contributed by atoms with van der Waals surface area (Å²) in [4.78, 5) is 29.4. The SMILES string of the molecule is O=C(CN(CCO)CCc1ccccc1)N1CCN(c2ccccc2[N+](=O)[O-])CC1. The van der Waals surface area contributed by atoms with Crippen LogP contribution in [0.3, 0.4) is 0 Å². The molecule has 0 bridgehead atoms. The van der Waals surface area contributed by atoms with Crippen molar-refractivity contribution in [1.29, 1.82) is 0 Å². The van der Waals surface area contributed by atoms with Crippen LogP contribution in [0.2, 0.25) is 0 Å². The summed E-state index contributed by atoms with van der Waals surface area (Å²) < 4.78 is 0. The zero-order valence-corrected chi connectivity index (χ0v) is 17.0. The molecule has 3 rings (SSSR count). The highest BCUT2D eigenvalue weighted by Gasteiger charge is 2.26. The Balaban J connectivity index is 1.53. The molecular weight excluding hydrogens is 384 g/mol. The molecule has 1 N–H and O–H groups in total. The number of para-hydroxylation sites is 2. The van der Waals surface area contributed by atoms with Gasteiger partial charge in [0.2, 0.25) is 5.91 Å². The number of nitrogens with zero attached hydrogens (tertiary/aromatic N) is 4. The zero-order valence-electron chi connectivity index (χ0n) is 17.0. The number of hydrogen-bond acceptors (Lipinski definition) is 6. The van der Waals surface area contributed by atoms with E-state index in [1.165, 1.54) is 11.6 Å². The van der Waals surface area contributed by atoms with Crippen molar-refractivity contribution in [2.45, 2.75) is 6.42 Å². The Bertz CT molecular complexity index is 838. The first-order chi connectivity index (χ1) is 14.6. The molecule has 0 spiro atoms. The van der Waals surface area contributed by atoms with Crippen molar-refractivity contribution in [2.75, 3.05) is 57.3 Å². The average Bonchev–Trinajstić information content (AvgIpc) is 2.78. The largest absolute Gasteiger partial charge is 0.395 e. The summed E-state index contributed by atoms with van der Waals surface area (Å²) in [6, 6.07) is 16.8. The lowest BCUT2D eigenvalue weighted by Crippen LogP contribution is -2.51. The predicted octanol–water partition coefficient (Wildman–Crippen LogP) is 1.78. The van der Waals surface area contributed by atoms with Crippen molar-refractivity contribution < 1.29 is 14.8 Å². The lowest BCUT2D eigenvalue weighted by molar-refractivity contribution is -0.384. The third-order valence-electron chi connectivity index (χ3n) is 5.39. The van der Waals surface area contributed by atoms with Gasteiger partial charge in [-0.3, -0.25) is 19.8 Å². The fourth-order valence-electron chi connectivity index (χ4n) is 3.72. The van der Waals surface area contributed by atoms with Gasteiger partial charge in [0, 0.05) is 45.3 Å². The van der Waals surface area contributed by atoms with E-state index in [0.29, 0.717) is 45.0 Å². The van der Waals surface area contributed by atoms with Crippen LogP contribution in [0.15, 0.2) is 54.6 Å². The van der Waals surface area contributed by atoms with Crippen LogP contribution in [0, 0.1) is 10.1 Å². The number of aliphatic hydroxyl groups excluding tert-OH is 1. The number of anilines is 1. The van der Waals surface area contributed by atoms with Crippen molar-refractivity contribution in [3.05, 3.63) is 70.3 Å². The summed E-state index contributed by atoms with van der Waals surface area (Å²) in [6.45, 7) is 3.59. The number of aliphatic hydroxyl groups is 1. The van der Waals surface area contributed by atoms with Crippen LogP contribution in [-0.4, -0.2) is 78.2 Å². The number of carbonyl (C=O) groups is 1. The molecule has 1 aliphatic heterocycles. The number of amides is 1. The van der Waals surface area contributed by atoms with Crippen molar-refractivity contribution in [3.63, 3.8) is 0 Å². The molecule has 30 heavy (non-hydrogen) atoms. The van der Waals surface area contributed by atoms with Crippen LogP contribution in [0.5, 0.6) is 0 Å². The van der Waals surface area contributed by atoms with E-state index in [-0.39, 0.29) is 29.7 Å². The number of rotatable bonds is 9. The maximum Gasteiger partial charge on any atom is 0.292 e. The quantitative estimate of drug-likeness (QED) is 0.499. The Hall–Kier alpha value is -2.97. The van der Waals surface area contributed by atoms with Crippen molar-refractivity contribution in [3.8, 4) is 0 Å². The van der Waals surface area contributed by atoms with Crippen molar-refractivity contribution >= 4 is 17.3 Å². The van der Waals surface area contributed by atoms with Gasteiger partial charge in [0.05, 0.1) is 18.1 Å². The highest BCUT2D eigenvalue weighted by atomic mass is 16.6. The van der Waals surface area contributed by atoms with Crippen LogP contribution in [0.25, 0.3) is 0 Å². The van der Waals surface area contributed by atoms with Gasteiger partial charge < -0.3 is 14.9 Å². The maximum atomic E-state index is 12.8. The van der Waals surface area contributed by atoms with Gasteiger partial charge in [-0.25, -0.2) is 0 Å². The minimum absolute atomic E-state index is 0.00746. The number of benzene rings is 2. The van der Waals surface area contributed by atoms with Crippen LogP contribution < -0.4 is 4.90 Å². The van der Waals surface area contributed by atoms with Gasteiger partial charge in [-0.05, 0) is 18.1 Å². The van der Waals surface area contributed by atoms with Crippen LogP contribution in [0.4, 0.5) is 11.4 Å². The molecule has 1 amide bonds. The molecule has 0 saturated carbocycles. The third kappa shape index (κ3) is 5.77. The smallest absolute Gasteiger partial charge is 0.292 e. The van der Waals surface area contributed by atoms with Crippen molar-refractivity contribution in [2.24, 2.45) is 0 Å². The van der Waals surface area contributed by atoms with E-state index in [4.69, 9.17) is 0 Å². The second-order valence-electron chi connectivity index (χ2n) is 7.35. The minimum atomic E-state index is -0.369. The molecule has 160 valence electrons. The van der Waals surface area contributed by atoms with E-state index >= 15 is 0 Å². The highest BCUT2D eigenvalue weighted by molar-refractivity contribution is 5.78. The number of nitro benzene ring substituents is 1. The van der Waals surface area contributed by atoms with Gasteiger partial charge in [-0.15, -0.1) is 0 Å². The topological polar surface area (TPSA) is 90.2 Å². The van der Waals surface area contributed by atoms with E-state index in [0.717, 1.165) is 6.42 Å². The normalized spacial score (nSPS) is 14.2. The van der Waals surface area contributed by atoms with Crippen molar-refractivity contribution in [1.82, 2.24) is 9.80 Å².